The number of aryl methyl sites for hydroxylation is 1. The zero-order chi connectivity index (χ0) is 17.5. The van der Waals surface area contributed by atoms with Gasteiger partial charge in [0.15, 0.2) is 0 Å². The number of carbonyl (C=O) groups excluding carboxylic acids is 1. The molecule has 0 fully saturated rings. The molecule has 0 aliphatic carbocycles. The van der Waals surface area contributed by atoms with Gasteiger partial charge < -0.3 is 5.32 Å². The third kappa shape index (κ3) is 4.80. The normalized spacial score (nSPS) is 10.6. The van der Waals surface area contributed by atoms with Gasteiger partial charge in [-0.05, 0) is 23.6 Å². The van der Waals surface area contributed by atoms with Crippen molar-refractivity contribution in [3.8, 4) is 0 Å². The van der Waals surface area contributed by atoms with E-state index in [1.807, 2.05) is 36.4 Å². The SMILES string of the molecule is Cc1ccc(CNC(=O)CC(c2ccccc2)c2ccccc2)cc1. The smallest absolute Gasteiger partial charge is 0.221 e. The monoisotopic (exact) mass is 329 g/mol. The van der Waals surface area contributed by atoms with Crippen molar-refractivity contribution in [2.45, 2.75) is 25.8 Å². The van der Waals surface area contributed by atoms with Crippen molar-refractivity contribution in [3.63, 3.8) is 0 Å². The lowest BCUT2D eigenvalue weighted by Gasteiger charge is -2.18. The fraction of sp³-hybridized carbons (Fsp3) is 0.174. The van der Waals surface area contributed by atoms with E-state index in [2.05, 4.69) is 60.8 Å². The molecular weight excluding hydrogens is 306 g/mol. The highest BCUT2D eigenvalue weighted by atomic mass is 16.1. The summed E-state index contributed by atoms with van der Waals surface area (Å²) in [4.78, 5) is 12.5. The first-order chi connectivity index (χ1) is 12.2. The fourth-order valence-electron chi connectivity index (χ4n) is 2.96. The van der Waals surface area contributed by atoms with E-state index >= 15 is 0 Å². The van der Waals surface area contributed by atoms with Crippen LogP contribution < -0.4 is 5.32 Å². The molecule has 1 amide bonds. The Morgan fingerprint density at radius 2 is 1.32 bits per heavy atom. The molecule has 0 atom stereocenters. The van der Waals surface area contributed by atoms with E-state index in [0.717, 1.165) is 5.56 Å². The average molecular weight is 329 g/mol. The molecule has 0 saturated heterocycles. The van der Waals surface area contributed by atoms with Gasteiger partial charge in [0.05, 0.1) is 0 Å². The third-order valence-electron chi connectivity index (χ3n) is 4.40. The number of hydrogen-bond acceptors (Lipinski definition) is 1. The molecule has 0 aliphatic rings. The molecule has 0 heterocycles. The molecular formula is C23H23NO. The lowest BCUT2D eigenvalue weighted by atomic mass is 9.88. The second kappa shape index (κ2) is 8.29. The lowest BCUT2D eigenvalue weighted by Crippen LogP contribution is -2.25. The molecule has 25 heavy (non-hydrogen) atoms. The summed E-state index contributed by atoms with van der Waals surface area (Å²) in [6.45, 7) is 2.63. The molecule has 0 aromatic heterocycles. The van der Waals surface area contributed by atoms with Crippen LogP contribution in [0, 0.1) is 6.92 Å². The number of carbonyl (C=O) groups is 1. The second-order valence-electron chi connectivity index (χ2n) is 6.34. The highest BCUT2D eigenvalue weighted by molar-refractivity contribution is 5.77. The van der Waals surface area contributed by atoms with E-state index in [1.54, 1.807) is 0 Å². The average Bonchev–Trinajstić information content (AvgIpc) is 2.67. The summed E-state index contributed by atoms with van der Waals surface area (Å²) in [5.41, 5.74) is 4.68. The lowest BCUT2D eigenvalue weighted by molar-refractivity contribution is -0.121. The molecule has 0 spiro atoms. The molecule has 0 saturated carbocycles. The maximum Gasteiger partial charge on any atom is 0.221 e. The molecule has 0 aliphatic heterocycles. The standard InChI is InChI=1S/C23H23NO/c1-18-12-14-19(15-13-18)17-24-23(25)16-22(20-8-4-2-5-9-20)21-10-6-3-7-11-21/h2-15,22H,16-17H2,1H3,(H,24,25). The van der Waals surface area contributed by atoms with E-state index < -0.39 is 0 Å². The third-order valence-corrected chi connectivity index (χ3v) is 4.40. The van der Waals surface area contributed by atoms with Crippen molar-refractivity contribution < 1.29 is 4.79 Å². The molecule has 0 unspecified atom stereocenters. The van der Waals surface area contributed by atoms with Gasteiger partial charge in [0, 0.05) is 18.9 Å². The van der Waals surface area contributed by atoms with Gasteiger partial charge in [-0.1, -0.05) is 90.5 Å². The zero-order valence-electron chi connectivity index (χ0n) is 14.5. The van der Waals surface area contributed by atoms with E-state index in [1.165, 1.54) is 16.7 Å². The van der Waals surface area contributed by atoms with Gasteiger partial charge in [-0.3, -0.25) is 4.79 Å². The van der Waals surface area contributed by atoms with Crippen LogP contribution in [0.15, 0.2) is 84.9 Å². The van der Waals surface area contributed by atoms with Crippen LogP contribution in [0.5, 0.6) is 0 Å². The van der Waals surface area contributed by atoms with Crippen molar-refractivity contribution in [2.75, 3.05) is 0 Å². The fourth-order valence-corrected chi connectivity index (χ4v) is 2.96. The van der Waals surface area contributed by atoms with Gasteiger partial charge in [-0.15, -0.1) is 0 Å². The van der Waals surface area contributed by atoms with Crippen LogP contribution in [0.3, 0.4) is 0 Å². The molecule has 2 heteroatoms. The first-order valence-corrected chi connectivity index (χ1v) is 8.64. The minimum atomic E-state index is 0.0679. The summed E-state index contributed by atoms with van der Waals surface area (Å²) in [7, 11) is 0. The molecule has 3 rings (SSSR count). The highest BCUT2D eigenvalue weighted by Crippen LogP contribution is 2.27. The minimum absolute atomic E-state index is 0.0679. The molecule has 0 radical (unpaired) electrons. The molecule has 0 bridgehead atoms. The number of benzene rings is 3. The van der Waals surface area contributed by atoms with Crippen LogP contribution in [-0.4, -0.2) is 5.91 Å². The Morgan fingerprint density at radius 1 is 0.800 bits per heavy atom. The Hall–Kier alpha value is -2.87. The molecule has 2 nitrogen and oxygen atoms in total. The van der Waals surface area contributed by atoms with Crippen LogP contribution in [0.2, 0.25) is 0 Å². The molecule has 3 aromatic rings. The van der Waals surface area contributed by atoms with Crippen molar-refractivity contribution in [1.29, 1.82) is 0 Å². The molecule has 3 aromatic carbocycles. The summed E-state index contributed by atoms with van der Waals surface area (Å²) in [5.74, 6) is 0.138. The predicted octanol–water partition coefficient (Wildman–Crippen LogP) is 4.83. The summed E-state index contributed by atoms with van der Waals surface area (Å²) in [6, 6.07) is 28.7. The van der Waals surface area contributed by atoms with Crippen LogP contribution in [0.1, 0.15) is 34.6 Å². The van der Waals surface area contributed by atoms with Gasteiger partial charge in [0.2, 0.25) is 5.91 Å². The van der Waals surface area contributed by atoms with Crippen LogP contribution in [-0.2, 0) is 11.3 Å². The largest absolute Gasteiger partial charge is 0.352 e. The van der Waals surface area contributed by atoms with Crippen molar-refractivity contribution in [2.24, 2.45) is 0 Å². The zero-order valence-corrected chi connectivity index (χ0v) is 14.5. The van der Waals surface area contributed by atoms with Gasteiger partial charge in [0.1, 0.15) is 0 Å². The first-order valence-electron chi connectivity index (χ1n) is 8.64. The Labute approximate surface area is 149 Å². The van der Waals surface area contributed by atoms with E-state index in [4.69, 9.17) is 0 Å². The van der Waals surface area contributed by atoms with Gasteiger partial charge >= 0.3 is 0 Å². The van der Waals surface area contributed by atoms with Crippen LogP contribution in [0.25, 0.3) is 0 Å². The minimum Gasteiger partial charge on any atom is -0.352 e. The van der Waals surface area contributed by atoms with Crippen molar-refractivity contribution in [3.05, 3.63) is 107 Å². The number of hydrogen-bond donors (Lipinski definition) is 1. The summed E-state index contributed by atoms with van der Waals surface area (Å²) < 4.78 is 0. The Balaban J connectivity index is 1.69. The van der Waals surface area contributed by atoms with E-state index in [-0.39, 0.29) is 11.8 Å². The quantitative estimate of drug-likeness (QED) is 0.689. The van der Waals surface area contributed by atoms with Crippen LogP contribution >= 0.6 is 0 Å². The molecule has 1 N–H and O–H groups in total. The number of amides is 1. The Bertz CT molecular complexity index is 755. The second-order valence-corrected chi connectivity index (χ2v) is 6.34. The van der Waals surface area contributed by atoms with E-state index in [0.29, 0.717) is 13.0 Å². The van der Waals surface area contributed by atoms with Gasteiger partial charge in [0.25, 0.3) is 0 Å². The Morgan fingerprint density at radius 3 is 1.84 bits per heavy atom. The predicted molar refractivity (Wildman–Crippen MR) is 102 cm³/mol. The maximum absolute atomic E-state index is 12.5. The Kier molecular flexibility index (Phi) is 5.63. The highest BCUT2D eigenvalue weighted by Gasteiger charge is 2.17. The topological polar surface area (TPSA) is 29.1 Å². The number of rotatable bonds is 6. The summed E-state index contributed by atoms with van der Waals surface area (Å²) in [6.07, 6.45) is 0.444. The maximum atomic E-state index is 12.5. The van der Waals surface area contributed by atoms with Gasteiger partial charge in [-0.2, -0.15) is 0 Å². The molecule has 126 valence electrons. The van der Waals surface area contributed by atoms with Gasteiger partial charge in [-0.25, -0.2) is 0 Å². The number of nitrogens with one attached hydrogen (secondary N) is 1. The summed E-state index contributed by atoms with van der Waals surface area (Å²) in [5, 5.41) is 3.05. The first kappa shape index (κ1) is 17.0. The van der Waals surface area contributed by atoms with Crippen molar-refractivity contribution >= 4 is 5.91 Å². The van der Waals surface area contributed by atoms with Crippen LogP contribution in [0.4, 0.5) is 0 Å². The summed E-state index contributed by atoms with van der Waals surface area (Å²) >= 11 is 0. The van der Waals surface area contributed by atoms with Crippen molar-refractivity contribution in [1.82, 2.24) is 5.32 Å². The van der Waals surface area contributed by atoms with E-state index in [9.17, 15) is 4.79 Å².